The minimum absolute atomic E-state index is 0.0296. The number of fused-ring (bicyclic) bond motifs is 1. The van der Waals surface area contributed by atoms with Gasteiger partial charge in [0.2, 0.25) is 11.8 Å². The lowest BCUT2D eigenvalue weighted by atomic mass is 9.70. The molecule has 154 valence electrons. The number of nitrogens with one attached hydrogen (secondary N) is 1. The molecule has 5 nitrogen and oxygen atoms in total. The lowest BCUT2D eigenvalue weighted by Crippen LogP contribution is -2.41. The van der Waals surface area contributed by atoms with Crippen LogP contribution in [0.5, 0.6) is 0 Å². The van der Waals surface area contributed by atoms with Crippen LogP contribution in [0.25, 0.3) is 0 Å². The molecule has 0 fully saturated rings. The van der Waals surface area contributed by atoms with Gasteiger partial charge in [0.05, 0.1) is 0 Å². The maximum Gasteiger partial charge on any atom is 0.224 e. The van der Waals surface area contributed by atoms with E-state index in [-0.39, 0.29) is 17.2 Å². The topological polar surface area (TPSA) is 75.4 Å². The summed E-state index contributed by atoms with van der Waals surface area (Å²) in [6.45, 7) is 6.58. The predicted molar refractivity (Wildman–Crippen MR) is 119 cm³/mol. The molecule has 0 spiro atoms. The van der Waals surface area contributed by atoms with Gasteiger partial charge in [-0.15, -0.1) is 0 Å². The highest BCUT2D eigenvalue weighted by molar-refractivity contribution is 5.95. The van der Waals surface area contributed by atoms with Crippen LogP contribution >= 0.6 is 0 Å². The number of carbonyl (C=O) groups excluding carboxylic acids is 2. The molecule has 2 amide bonds. The Kier molecular flexibility index (Phi) is 6.26. The van der Waals surface area contributed by atoms with E-state index in [0.29, 0.717) is 13.0 Å². The Morgan fingerprint density at radius 3 is 2.52 bits per heavy atom. The van der Waals surface area contributed by atoms with E-state index in [4.69, 9.17) is 5.73 Å². The van der Waals surface area contributed by atoms with Gasteiger partial charge in [0, 0.05) is 42.4 Å². The average molecular weight is 394 g/mol. The highest BCUT2D eigenvalue weighted by Crippen LogP contribution is 2.45. The second kappa shape index (κ2) is 8.68. The zero-order valence-electron chi connectivity index (χ0n) is 17.6. The number of nitrogen functional groups attached to an aromatic ring is 1. The molecule has 0 saturated carbocycles. The molecule has 5 heteroatoms. The van der Waals surface area contributed by atoms with Crippen molar-refractivity contribution in [3.63, 3.8) is 0 Å². The first kappa shape index (κ1) is 20.9. The maximum absolute atomic E-state index is 12.3. The van der Waals surface area contributed by atoms with E-state index in [1.54, 1.807) is 6.92 Å². The van der Waals surface area contributed by atoms with Crippen molar-refractivity contribution in [1.82, 2.24) is 0 Å². The van der Waals surface area contributed by atoms with Crippen molar-refractivity contribution < 1.29 is 9.59 Å². The summed E-state index contributed by atoms with van der Waals surface area (Å²) >= 11 is 0. The summed E-state index contributed by atoms with van der Waals surface area (Å²) in [5, 5.41) is 3.03. The summed E-state index contributed by atoms with van der Waals surface area (Å²) < 4.78 is 0. The standard InChI is InChI=1S/C24H31N3O2/c1-4-5-6-7-23(29)26-20-12-13-22-21(16-20)24(3,14-15-27(22)17(2)28)18-8-10-19(25)11-9-18/h8-13,16H,4-7,14-15,25H2,1-3H3,(H,26,29). The molecule has 1 atom stereocenters. The number of amides is 2. The largest absolute Gasteiger partial charge is 0.399 e. The van der Waals surface area contributed by atoms with Gasteiger partial charge >= 0.3 is 0 Å². The third-order valence-corrected chi connectivity index (χ3v) is 5.94. The van der Waals surface area contributed by atoms with Gasteiger partial charge in [0.15, 0.2) is 0 Å². The number of nitrogens with zero attached hydrogens (tertiary/aromatic N) is 1. The Morgan fingerprint density at radius 2 is 1.86 bits per heavy atom. The van der Waals surface area contributed by atoms with Crippen molar-refractivity contribution in [2.45, 2.75) is 58.3 Å². The lowest BCUT2D eigenvalue weighted by molar-refractivity contribution is -0.117. The quantitative estimate of drug-likeness (QED) is 0.544. The number of hydrogen-bond acceptors (Lipinski definition) is 3. The molecule has 2 aromatic carbocycles. The Morgan fingerprint density at radius 1 is 1.14 bits per heavy atom. The second-order valence-electron chi connectivity index (χ2n) is 8.11. The van der Waals surface area contributed by atoms with E-state index in [2.05, 4.69) is 31.3 Å². The third kappa shape index (κ3) is 4.44. The third-order valence-electron chi connectivity index (χ3n) is 5.94. The first-order valence-electron chi connectivity index (χ1n) is 10.4. The van der Waals surface area contributed by atoms with Crippen LogP contribution in [0.4, 0.5) is 17.1 Å². The number of benzene rings is 2. The number of rotatable bonds is 6. The van der Waals surface area contributed by atoms with Gasteiger partial charge in [0.25, 0.3) is 0 Å². The second-order valence-corrected chi connectivity index (χ2v) is 8.11. The van der Waals surface area contributed by atoms with Crippen LogP contribution in [0, 0.1) is 0 Å². The zero-order chi connectivity index (χ0) is 21.0. The molecule has 1 aliphatic heterocycles. The summed E-state index contributed by atoms with van der Waals surface area (Å²) in [5.74, 6) is 0.0637. The predicted octanol–water partition coefficient (Wildman–Crippen LogP) is 4.85. The van der Waals surface area contributed by atoms with Crippen molar-refractivity contribution in [3.8, 4) is 0 Å². The first-order valence-corrected chi connectivity index (χ1v) is 10.4. The van der Waals surface area contributed by atoms with Crippen LogP contribution in [-0.4, -0.2) is 18.4 Å². The van der Waals surface area contributed by atoms with Gasteiger partial charge in [-0.1, -0.05) is 38.8 Å². The average Bonchev–Trinajstić information content (AvgIpc) is 2.69. The van der Waals surface area contributed by atoms with E-state index >= 15 is 0 Å². The molecule has 0 radical (unpaired) electrons. The smallest absolute Gasteiger partial charge is 0.224 e. The Hall–Kier alpha value is -2.82. The number of carbonyl (C=O) groups is 2. The van der Waals surface area contributed by atoms with Crippen LogP contribution in [0.2, 0.25) is 0 Å². The van der Waals surface area contributed by atoms with Crippen LogP contribution in [-0.2, 0) is 15.0 Å². The number of anilines is 3. The monoisotopic (exact) mass is 393 g/mol. The van der Waals surface area contributed by atoms with Crippen molar-refractivity contribution in [2.75, 3.05) is 22.5 Å². The first-order chi connectivity index (χ1) is 13.8. The molecule has 1 aliphatic rings. The SMILES string of the molecule is CCCCCC(=O)Nc1ccc2c(c1)C(C)(c1ccc(N)cc1)CCN2C(C)=O. The molecule has 3 rings (SSSR count). The van der Waals surface area contributed by atoms with E-state index < -0.39 is 0 Å². The fourth-order valence-electron chi connectivity index (χ4n) is 4.12. The normalized spacial score (nSPS) is 18.2. The summed E-state index contributed by atoms with van der Waals surface area (Å²) in [5.41, 5.74) is 10.2. The van der Waals surface area contributed by atoms with Crippen molar-refractivity contribution in [1.29, 1.82) is 0 Å². The van der Waals surface area contributed by atoms with E-state index in [9.17, 15) is 9.59 Å². The fourth-order valence-corrected chi connectivity index (χ4v) is 4.12. The minimum Gasteiger partial charge on any atom is -0.399 e. The summed E-state index contributed by atoms with van der Waals surface area (Å²) in [7, 11) is 0. The minimum atomic E-state index is -0.266. The Balaban J connectivity index is 1.97. The molecule has 0 bridgehead atoms. The molecule has 29 heavy (non-hydrogen) atoms. The Bertz CT molecular complexity index is 891. The summed E-state index contributed by atoms with van der Waals surface area (Å²) in [4.78, 5) is 26.3. The Labute approximate surface area is 173 Å². The number of unbranched alkanes of at least 4 members (excludes halogenated alkanes) is 2. The van der Waals surface area contributed by atoms with Crippen LogP contribution in [0.3, 0.4) is 0 Å². The molecule has 1 heterocycles. The highest BCUT2D eigenvalue weighted by atomic mass is 16.2. The van der Waals surface area contributed by atoms with Gasteiger partial charge in [-0.3, -0.25) is 9.59 Å². The van der Waals surface area contributed by atoms with E-state index in [1.807, 2.05) is 35.2 Å². The zero-order valence-corrected chi connectivity index (χ0v) is 17.6. The van der Waals surface area contributed by atoms with Crippen molar-refractivity contribution in [2.24, 2.45) is 0 Å². The highest BCUT2D eigenvalue weighted by Gasteiger charge is 2.38. The maximum atomic E-state index is 12.3. The van der Waals surface area contributed by atoms with Crippen LogP contribution < -0.4 is 16.0 Å². The summed E-state index contributed by atoms with van der Waals surface area (Å²) in [6.07, 6.45) is 4.37. The van der Waals surface area contributed by atoms with Crippen LogP contribution in [0.15, 0.2) is 42.5 Å². The van der Waals surface area contributed by atoms with Gasteiger partial charge in [-0.2, -0.15) is 0 Å². The molecule has 2 aromatic rings. The molecule has 0 saturated heterocycles. The van der Waals surface area contributed by atoms with Gasteiger partial charge < -0.3 is 16.0 Å². The number of hydrogen-bond donors (Lipinski definition) is 2. The van der Waals surface area contributed by atoms with Gasteiger partial charge in [-0.25, -0.2) is 0 Å². The summed E-state index contributed by atoms with van der Waals surface area (Å²) in [6, 6.07) is 13.8. The molecular formula is C24H31N3O2. The van der Waals surface area contributed by atoms with Crippen LogP contribution in [0.1, 0.15) is 64.0 Å². The molecule has 0 aromatic heterocycles. The van der Waals surface area contributed by atoms with E-state index in [0.717, 1.165) is 53.9 Å². The van der Waals surface area contributed by atoms with Gasteiger partial charge in [-0.05, 0) is 54.3 Å². The fraction of sp³-hybridized carbons (Fsp3) is 0.417. The van der Waals surface area contributed by atoms with E-state index in [1.165, 1.54) is 0 Å². The molecule has 3 N–H and O–H groups in total. The lowest BCUT2D eigenvalue weighted by Gasteiger charge is -2.41. The molecule has 1 unspecified atom stereocenters. The number of nitrogens with two attached hydrogens (primary N) is 1. The molecular weight excluding hydrogens is 362 g/mol. The van der Waals surface area contributed by atoms with Crippen molar-refractivity contribution >= 4 is 28.9 Å². The molecule has 0 aliphatic carbocycles. The van der Waals surface area contributed by atoms with Gasteiger partial charge in [0.1, 0.15) is 0 Å². The van der Waals surface area contributed by atoms with Crippen molar-refractivity contribution in [3.05, 3.63) is 53.6 Å².